The number of carbonyl (C=O) groups excluding carboxylic acids is 3. The first-order valence-corrected chi connectivity index (χ1v) is 10.4. The molecule has 0 aromatic carbocycles. The number of amides is 2. The lowest BCUT2D eigenvalue weighted by molar-refractivity contribution is -0.149. The van der Waals surface area contributed by atoms with Crippen LogP contribution in [0.25, 0.3) is 11.3 Å². The lowest BCUT2D eigenvalue weighted by Gasteiger charge is -2.37. The van der Waals surface area contributed by atoms with Crippen LogP contribution in [0, 0.1) is 0 Å². The Morgan fingerprint density at radius 2 is 2.06 bits per heavy atom. The van der Waals surface area contributed by atoms with Crippen molar-refractivity contribution in [1.29, 1.82) is 0 Å². The molecule has 4 heterocycles. The summed E-state index contributed by atoms with van der Waals surface area (Å²) in [6.07, 6.45) is 5.86. The maximum Gasteiger partial charge on any atom is 0.410 e. The number of esters is 1. The van der Waals surface area contributed by atoms with E-state index in [2.05, 4.69) is 10.1 Å². The summed E-state index contributed by atoms with van der Waals surface area (Å²) >= 11 is 0. The summed E-state index contributed by atoms with van der Waals surface area (Å²) in [5.41, 5.74) is 1.65. The minimum atomic E-state index is -0.713. The number of nitrogens with zero attached hydrogens (tertiary/aromatic N) is 5. The van der Waals surface area contributed by atoms with E-state index in [-0.39, 0.29) is 31.7 Å². The molecule has 2 aromatic rings. The Hall–Kier alpha value is -3.43. The van der Waals surface area contributed by atoms with Crippen molar-refractivity contribution in [3.05, 3.63) is 36.8 Å². The average Bonchev–Trinajstić information content (AvgIpc) is 3.41. The highest BCUT2D eigenvalue weighted by atomic mass is 16.6. The van der Waals surface area contributed by atoms with Crippen molar-refractivity contribution in [1.82, 2.24) is 24.6 Å². The van der Waals surface area contributed by atoms with Gasteiger partial charge in [-0.3, -0.25) is 19.4 Å². The normalized spacial score (nSPS) is 19.4. The Bertz CT molecular complexity index is 939. The standard InChI is InChI=1S/C21H25N5O5/c1-2-30-20(28)18-14-31-21(29)26(18)16-5-9-24(10-6-16)19(27)13-25-11-7-17(23-25)15-4-3-8-22-12-15/h3-4,7-8,11-12,16,18H,2,5-6,9-10,13-14H2,1H3. The highest BCUT2D eigenvalue weighted by Gasteiger charge is 2.44. The van der Waals surface area contributed by atoms with Crippen LogP contribution in [0.2, 0.25) is 0 Å². The van der Waals surface area contributed by atoms with E-state index < -0.39 is 18.1 Å². The predicted molar refractivity (Wildman–Crippen MR) is 109 cm³/mol. The van der Waals surface area contributed by atoms with Crippen molar-refractivity contribution in [2.75, 3.05) is 26.3 Å². The Labute approximate surface area is 179 Å². The van der Waals surface area contributed by atoms with Gasteiger partial charge in [0.2, 0.25) is 5.91 Å². The molecule has 0 radical (unpaired) electrons. The molecule has 0 saturated carbocycles. The Morgan fingerprint density at radius 3 is 2.77 bits per heavy atom. The number of hydrogen-bond acceptors (Lipinski definition) is 7. The number of pyridine rings is 1. The molecule has 1 atom stereocenters. The molecule has 1 unspecified atom stereocenters. The van der Waals surface area contributed by atoms with Gasteiger partial charge in [-0.1, -0.05) is 0 Å². The molecule has 2 saturated heterocycles. The first-order chi connectivity index (χ1) is 15.1. The molecule has 0 N–H and O–H groups in total. The summed E-state index contributed by atoms with van der Waals surface area (Å²) in [7, 11) is 0. The van der Waals surface area contributed by atoms with Crippen molar-refractivity contribution in [3.63, 3.8) is 0 Å². The van der Waals surface area contributed by atoms with E-state index in [1.807, 2.05) is 18.2 Å². The molecule has 0 spiro atoms. The van der Waals surface area contributed by atoms with Gasteiger partial charge in [0, 0.05) is 43.3 Å². The van der Waals surface area contributed by atoms with Gasteiger partial charge in [-0.2, -0.15) is 5.10 Å². The smallest absolute Gasteiger partial charge is 0.410 e. The second-order valence-corrected chi connectivity index (χ2v) is 7.50. The van der Waals surface area contributed by atoms with Gasteiger partial charge in [0.05, 0.1) is 12.3 Å². The van der Waals surface area contributed by atoms with E-state index in [9.17, 15) is 14.4 Å². The molecule has 10 nitrogen and oxygen atoms in total. The average molecular weight is 427 g/mol. The summed E-state index contributed by atoms with van der Waals surface area (Å²) in [5.74, 6) is -0.486. The fraction of sp³-hybridized carbons (Fsp3) is 0.476. The molecule has 0 aliphatic carbocycles. The lowest BCUT2D eigenvalue weighted by atomic mass is 10.0. The van der Waals surface area contributed by atoms with Crippen LogP contribution in [0.5, 0.6) is 0 Å². The first kappa shape index (κ1) is 20.8. The van der Waals surface area contributed by atoms with Gasteiger partial charge in [0.15, 0.2) is 6.04 Å². The molecule has 4 rings (SSSR count). The molecule has 164 valence electrons. The fourth-order valence-electron chi connectivity index (χ4n) is 4.01. The minimum absolute atomic E-state index is 0.00930. The van der Waals surface area contributed by atoms with Crippen LogP contribution in [0.4, 0.5) is 4.79 Å². The zero-order valence-corrected chi connectivity index (χ0v) is 17.3. The topological polar surface area (TPSA) is 107 Å². The Kier molecular flexibility index (Phi) is 6.15. The van der Waals surface area contributed by atoms with Crippen LogP contribution in [-0.4, -0.2) is 80.9 Å². The molecule has 2 aliphatic rings. The molecule has 2 amide bonds. The van der Waals surface area contributed by atoms with E-state index in [0.717, 1.165) is 11.3 Å². The molecule has 0 bridgehead atoms. The van der Waals surface area contributed by atoms with Crippen LogP contribution in [0.3, 0.4) is 0 Å². The van der Waals surface area contributed by atoms with Gasteiger partial charge in [0.1, 0.15) is 13.2 Å². The Balaban J connectivity index is 1.32. The van der Waals surface area contributed by atoms with Crippen LogP contribution in [0.1, 0.15) is 19.8 Å². The summed E-state index contributed by atoms with van der Waals surface area (Å²) in [5, 5.41) is 4.46. The van der Waals surface area contributed by atoms with Crippen molar-refractivity contribution >= 4 is 18.0 Å². The van der Waals surface area contributed by atoms with Gasteiger partial charge >= 0.3 is 12.1 Å². The number of piperidine rings is 1. The monoisotopic (exact) mass is 427 g/mol. The van der Waals surface area contributed by atoms with Crippen molar-refractivity contribution in [2.24, 2.45) is 0 Å². The third-order valence-electron chi connectivity index (χ3n) is 5.58. The summed E-state index contributed by atoms with van der Waals surface area (Å²) in [6, 6.07) is 4.74. The molecule has 10 heteroatoms. The summed E-state index contributed by atoms with van der Waals surface area (Å²) in [6.45, 7) is 3.13. The summed E-state index contributed by atoms with van der Waals surface area (Å²) < 4.78 is 11.8. The second kappa shape index (κ2) is 9.15. The quantitative estimate of drug-likeness (QED) is 0.640. The maximum atomic E-state index is 12.7. The van der Waals surface area contributed by atoms with Crippen molar-refractivity contribution in [2.45, 2.75) is 38.4 Å². The van der Waals surface area contributed by atoms with E-state index in [4.69, 9.17) is 9.47 Å². The van der Waals surface area contributed by atoms with E-state index >= 15 is 0 Å². The molecule has 2 aliphatic heterocycles. The fourth-order valence-corrected chi connectivity index (χ4v) is 4.01. The number of likely N-dealkylation sites (tertiary alicyclic amines) is 1. The number of rotatable bonds is 6. The maximum absolute atomic E-state index is 12.7. The first-order valence-electron chi connectivity index (χ1n) is 10.4. The van der Waals surface area contributed by atoms with Crippen LogP contribution in [0.15, 0.2) is 36.8 Å². The van der Waals surface area contributed by atoms with Crippen LogP contribution >= 0.6 is 0 Å². The van der Waals surface area contributed by atoms with E-state index in [1.165, 1.54) is 4.90 Å². The second-order valence-electron chi connectivity index (χ2n) is 7.50. The SMILES string of the molecule is CCOC(=O)C1COC(=O)N1C1CCN(C(=O)Cn2ccc(-c3cccnc3)n2)CC1. The van der Waals surface area contributed by atoms with Crippen molar-refractivity contribution in [3.8, 4) is 11.3 Å². The number of aromatic nitrogens is 3. The molecular weight excluding hydrogens is 402 g/mol. The molecule has 2 aromatic heterocycles. The van der Waals surface area contributed by atoms with Gasteiger partial charge < -0.3 is 14.4 Å². The van der Waals surface area contributed by atoms with Crippen LogP contribution < -0.4 is 0 Å². The van der Waals surface area contributed by atoms with E-state index in [0.29, 0.717) is 25.9 Å². The number of hydrogen-bond donors (Lipinski definition) is 0. The van der Waals surface area contributed by atoms with Gasteiger partial charge in [-0.25, -0.2) is 9.59 Å². The lowest BCUT2D eigenvalue weighted by Crippen LogP contribution is -2.52. The van der Waals surface area contributed by atoms with Gasteiger partial charge in [-0.15, -0.1) is 0 Å². The highest BCUT2D eigenvalue weighted by molar-refractivity contribution is 5.84. The number of cyclic esters (lactones) is 1. The molecule has 2 fully saturated rings. The zero-order valence-electron chi connectivity index (χ0n) is 17.3. The Morgan fingerprint density at radius 1 is 1.26 bits per heavy atom. The number of carbonyl (C=O) groups is 3. The summed E-state index contributed by atoms with van der Waals surface area (Å²) in [4.78, 5) is 44.4. The highest BCUT2D eigenvalue weighted by Crippen LogP contribution is 2.25. The predicted octanol–water partition coefficient (Wildman–Crippen LogP) is 1.32. The zero-order chi connectivity index (χ0) is 21.8. The molecule has 31 heavy (non-hydrogen) atoms. The van der Waals surface area contributed by atoms with Crippen molar-refractivity contribution < 1.29 is 23.9 Å². The van der Waals surface area contributed by atoms with E-state index in [1.54, 1.807) is 35.1 Å². The third-order valence-corrected chi connectivity index (χ3v) is 5.58. The van der Waals surface area contributed by atoms with Crippen LogP contribution in [-0.2, 0) is 25.6 Å². The molecular formula is C21H25N5O5. The number of ether oxygens (including phenoxy) is 2. The largest absolute Gasteiger partial charge is 0.464 e. The van der Waals surface area contributed by atoms with Gasteiger partial charge in [-0.05, 0) is 38.0 Å². The van der Waals surface area contributed by atoms with Gasteiger partial charge in [0.25, 0.3) is 0 Å². The third kappa shape index (κ3) is 4.52. The minimum Gasteiger partial charge on any atom is -0.464 e.